The van der Waals surface area contributed by atoms with Crippen molar-refractivity contribution in [3.05, 3.63) is 168 Å². The maximum Gasteiger partial charge on any atom is 0.355 e. The van der Waals surface area contributed by atoms with Gasteiger partial charge in [-0.1, -0.05) is 181 Å². The minimum Gasteiger partial charge on any atom is -0.458 e. The van der Waals surface area contributed by atoms with E-state index < -0.39 is 22.7 Å². The molecule has 8 heteroatoms. The van der Waals surface area contributed by atoms with Crippen molar-refractivity contribution in [1.29, 1.82) is 0 Å². The summed E-state index contributed by atoms with van der Waals surface area (Å²) in [5.74, 6) is -0.350. The van der Waals surface area contributed by atoms with E-state index in [1.807, 2.05) is 6.92 Å². The van der Waals surface area contributed by atoms with Crippen LogP contribution in [-0.2, 0) is 13.6 Å². The third-order valence-corrected chi connectivity index (χ3v) is 23.8. The first-order valence-corrected chi connectivity index (χ1v) is 26.3. The Morgan fingerprint density at radius 3 is 1.37 bits per heavy atom. The van der Waals surface area contributed by atoms with E-state index in [0.717, 1.165) is 43.8 Å². The van der Waals surface area contributed by atoms with Gasteiger partial charge in [-0.3, -0.25) is 0 Å². The number of rotatable bonds is 10. The number of hydrogen-bond acceptors (Lipinski definition) is 4. The molecule has 0 spiro atoms. The number of H-pyrrole nitrogens is 2. The van der Waals surface area contributed by atoms with E-state index in [4.69, 9.17) is 13.6 Å². The SMILES string of the molecule is Cc1c(C(=O)OC2CC(O[Si](c3ccccc3)(c3ccccc3)C(C)(C)C)CC(O[Si](c3ccccc3)(c3ccccc3)C(C)(C)C)C2)[nH]c2cc3c([nH]c4ccccc43)c(C)c12. The van der Waals surface area contributed by atoms with Crippen LogP contribution >= 0.6 is 0 Å². The van der Waals surface area contributed by atoms with Crippen LogP contribution in [0, 0.1) is 13.8 Å². The van der Waals surface area contributed by atoms with E-state index in [0.29, 0.717) is 25.0 Å². The largest absolute Gasteiger partial charge is 0.458 e. The fourth-order valence-electron chi connectivity index (χ4n) is 10.8. The van der Waals surface area contributed by atoms with Crippen LogP contribution < -0.4 is 20.7 Å². The van der Waals surface area contributed by atoms with Crippen LogP contribution in [0.3, 0.4) is 0 Å². The molecule has 2 aromatic heterocycles. The van der Waals surface area contributed by atoms with Gasteiger partial charge in [0.05, 0.1) is 17.7 Å². The summed E-state index contributed by atoms with van der Waals surface area (Å²) in [7, 11) is -5.98. The molecule has 2 heterocycles. The molecular formula is C55H60N2O4Si2. The quantitative estimate of drug-likeness (QED) is 0.106. The monoisotopic (exact) mass is 868 g/mol. The first kappa shape index (κ1) is 42.8. The average molecular weight is 869 g/mol. The van der Waals surface area contributed by atoms with Gasteiger partial charge in [-0.25, -0.2) is 4.79 Å². The lowest BCUT2D eigenvalue weighted by Gasteiger charge is -2.49. The van der Waals surface area contributed by atoms with Crippen molar-refractivity contribution in [2.75, 3.05) is 0 Å². The predicted molar refractivity (Wildman–Crippen MR) is 265 cm³/mol. The molecule has 322 valence electrons. The zero-order valence-corrected chi connectivity index (χ0v) is 39.9. The minimum atomic E-state index is -2.99. The van der Waals surface area contributed by atoms with E-state index in [9.17, 15) is 4.79 Å². The number of hydrogen-bond donors (Lipinski definition) is 2. The first-order valence-electron chi connectivity index (χ1n) is 22.5. The molecule has 0 aliphatic heterocycles. The number of carbonyl (C=O) groups excluding carboxylic acids is 1. The standard InChI is InChI=1S/C55H60N2O4Si2/c1-37-50-38(2)52(57-49(50)36-47-46-31-21-22-32-48(46)56-51(37)47)53(58)59-39-33-40(60-62(54(3,4)5,42-23-13-9-14-24-42)43-25-15-10-16-26-43)35-41(34-39)61-63(55(6,7)8,44-27-17-11-18-28-44)45-29-19-12-20-30-45/h9-32,36,39-41,56-57H,33-35H2,1-8H3. The van der Waals surface area contributed by atoms with Gasteiger partial charge in [0.1, 0.15) is 11.8 Å². The van der Waals surface area contributed by atoms with Crippen molar-refractivity contribution in [3.8, 4) is 0 Å². The van der Waals surface area contributed by atoms with Gasteiger partial charge in [0.15, 0.2) is 0 Å². The lowest BCUT2D eigenvalue weighted by molar-refractivity contribution is -0.0325. The van der Waals surface area contributed by atoms with E-state index in [1.54, 1.807) is 0 Å². The van der Waals surface area contributed by atoms with Gasteiger partial charge < -0.3 is 23.6 Å². The van der Waals surface area contributed by atoms with Gasteiger partial charge in [-0.05, 0) is 74.4 Å². The molecule has 1 fully saturated rings. The summed E-state index contributed by atoms with van der Waals surface area (Å²) in [5.41, 5.74) is 5.61. The number of benzene rings is 6. The fraction of sp³-hybridized carbons (Fsp3) is 0.291. The van der Waals surface area contributed by atoms with E-state index in [1.165, 1.54) is 20.7 Å². The molecule has 2 atom stereocenters. The number of aromatic nitrogens is 2. The van der Waals surface area contributed by atoms with E-state index in [-0.39, 0.29) is 28.3 Å². The summed E-state index contributed by atoms with van der Waals surface area (Å²) in [5, 5.41) is 7.77. The highest BCUT2D eigenvalue weighted by Gasteiger charge is 2.55. The zero-order valence-electron chi connectivity index (χ0n) is 37.9. The Bertz CT molecular complexity index is 2690. The van der Waals surface area contributed by atoms with Gasteiger partial charge in [0, 0.05) is 40.0 Å². The number of nitrogens with one attached hydrogen (secondary N) is 2. The molecule has 6 nitrogen and oxygen atoms in total. The molecule has 1 aliphatic carbocycles. The number of para-hydroxylation sites is 1. The number of ether oxygens (including phenoxy) is 1. The Labute approximate surface area is 374 Å². The van der Waals surface area contributed by atoms with Crippen LogP contribution in [-0.4, -0.2) is 50.9 Å². The Balaban J connectivity index is 1.14. The Morgan fingerprint density at radius 2 is 0.921 bits per heavy atom. The lowest BCUT2D eigenvalue weighted by Crippen LogP contribution is -2.69. The molecule has 2 N–H and O–H groups in total. The Kier molecular flexibility index (Phi) is 11.2. The fourth-order valence-corrected chi connectivity index (χ4v) is 20.3. The number of fused-ring (bicyclic) bond motifs is 4. The van der Waals surface area contributed by atoms with Crippen LogP contribution in [0.2, 0.25) is 10.1 Å². The summed E-state index contributed by atoms with van der Waals surface area (Å²) in [4.78, 5) is 21.9. The molecule has 63 heavy (non-hydrogen) atoms. The third-order valence-electron chi connectivity index (χ3n) is 13.6. The van der Waals surface area contributed by atoms with Gasteiger partial charge in [-0.15, -0.1) is 0 Å². The molecule has 0 bridgehead atoms. The smallest absolute Gasteiger partial charge is 0.355 e. The highest BCUT2D eigenvalue weighted by molar-refractivity contribution is 7.00. The second-order valence-corrected chi connectivity index (χ2v) is 28.2. The molecule has 1 aliphatic rings. The Hall–Kier alpha value is -5.52. The van der Waals surface area contributed by atoms with E-state index >= 15 is 0 Å². The predicted octanol–water partition coefficient (Wildman–Crippen LogP) is 11.0. The second kappa shape index (κ2) is 16.6. The van der Waals surface area contributed by atoms with Crippen molar-refractivity contribution < 1.29 is 18.4 Å². The molecule has 8 aromatic rings. The summed E-state index contributed by atoms with van der Waals surface area (Å²) in [6.45, 7) is 18.1. The first-order chi connectivity index (χ1) is 30.2. The highest BCUT2D eigenvalue weighted by atomic mass is 28.4. The van der Waals surface area contributed by atoms with Crippen molar-refractivity contribution in [2.24, 2.45) is 0 Å². The van der Waals surface area contributed by atoms with Crippen molar-refractivity contribution in [2.45, 2.75) is 103 Å². The van der Waals surface area contributed by atoms with Crippen molar-refractivity contribution in [1.82, 2.24) is 9.97 Å². The van der Waals surface area contributed by atoms with Crippen LogP contribution in [0.25, 0.3) is 32.7 Å². The third kappa shape index (κ3) is 7.50. The van der Waals surface area contributed by atoms with Crippen LogP contribution in [0.5, 0.6) is 0 Å². The topological polar surface area (TPSA) is 76.3 Å². The van der Waals surface area contributed by atoms with Crippen molar-refractivity contribution in [3.63, 3.8) is 0 Å². The van der Waals surface area contributed by atoms with Gasteiger partial charge in [0.2, 0.25) is 0 Å². The average Bonchev–Trinajstić information content (AvgIpc) is 3.82. The van der Waals surface area contributed by atoms with Gasteiger partial charge in [0.25, 0.3) is 16.6 Å². The lowest BCUT2D eigenvalue weighted by atomic mass is 9.92. The molecular weight excluding hydrogens is 809 g/mol. The minimum absolute atomic E-state index is 0.233. The van der Waals surface area contributed by atoms with Crippen LogP contribution in [0.1, 0.15) is 82.4 Å². The Morgan fingerprint density at radius 1 is 0.508 bits per heavy atom. The molecule has 6 aromatic carbocycles. The summed E-state index contributed by atoms with van der Waals surface area (Å²) in [6, 6.07) is 53.8. The molecule has 9 rings (SSSR count). The van der Waals surface area contributed by atoms with Gasteiger partial charge >= 0.3 is 5.97 Å². The summed E-state index contributed by atoms with van der Waals surface area (Å²) in [6.07, 6.45) is 0.822. The maximum absolute atomic E-state index is 14.7. The summed E-state index contributed by atoms with van der Waals surface area (Å²) >= 11 is 0. The van der Waals surface area contributed by atoms with Gasteiger partial charge in [-0.2, -0.15) is 0 Å². The second-order valence-electron chi connectivity index (χ2n) is 19.7. The molecule has 0 saturated heterocycles. The summed E-state index contributed by atoms with van der Waals surface area (Å²) < 4.78 is 22.6. The van der Waals surface area contributed by atoms with Crippen LogP contribution in [0.15, 0.2) is 152 Å². The molecule has 2 unspecified atom stereocenters. The number of aromatic amines is 2. The molecule has 0 radical (unpaired) electrons. The number of aryl methyl sites for hydroxylation is 2. The normalized spacial score (nSPS) is 17.7. The zero-order chi connectivity index (χ0) is 44.1. The van der Waals surface area contributed by atoms with E-state index in [2.05, 4.69) is 210 Å². The number of carbonyl (C=O) groups is 1. The maximum atomic E-state index is 14.7. The highest BCUT2D eigenvalue weighted by Crippen LogP contribution is 2.43. The van der Waals surface area contributed by atoms with Crippen molar-refractivity contribution >= 4 is 76.1 Å². The molecule has 1 saturated carbocycles. The van der Waals surface area contributed by atoms with Crippen LogP contribution in [0.4, 0.5) is 0 Å². The molecule has 0 amide bonds. The number of esters is 1.